The Balaban J connectivity index is 1.54. The van der Waals surface area contributed by atoms with Crippen molar-refractivity contribution in [3.8, 4) is 0 Å². The monoisotopic (exact) mass is 439 g/mol. The van der Waals surface area contributed by atoms with E-state index < -0.39 is 50.2 Å². The largest absolute Gasteiger partial charge is 0.418 e. The zero-order chi connectivity index (χ0) is 20.7. The number of sulfone groups is 1. The number of nitrogens with zero attached hydrogens (tertiary/aromatic N) is 2. The highest BCUT2D eigenvalue weighted by atomic mass is 32.3. The zero-order valence-corrected chi connectivity index (χ0v) is 16.4. The molecule has 0 aromatic heterocycles. The molecule has 0 aromatic rings. The summed E-state index contributed by atoms with van der Waals surface area (Å²) in [5, 5.41) is 3.02. The first-order valence-corrected chi connectivity index (χ1v) is 11.9. The molecule has 0 aromatic carbocycles. The van der Waals surface area contributed by atoms with Crippen molar-refractivity contribution in [2.24, 2.45) is 5.92 Å². The van der Waals surface area contributed by atoms with Crippen molar-refractivity contribution in [2.75, 3.05) is 24.6 Å². The molecule has 3 rings (SSSR count). The standard InChI is InChI=1S/C14H21N3O9S2/c18-12(9-3-5-27(21,22)6-4-9)7-15-13(19)11-2-1-10-8-16(11)14(20)17(10)26-28(23,24)25/h9-11H,1-8H2,(H,15,19)(H,23,24,25)/t10-,11+/m1/s1. The number of urea groups is 1. The summed E-state index contributed by atoms with van der Waals surface area (Å²) in [7, 11) is -7.96. The molecule has 158 valence electrons. The Hall–Kier alpha value is -1.77. The second-order valence-electron chi connectivity index (χ2n) is 7.12. The second-order valence-corrected chi connectivity index (χ2v) is 10.4. The van der Waals surface area contributed by atoms with Gasteiger partial charge in [-0.1, -0.05) is 0 Å². The van der Waals surface area contributed by atoms with Crippen LogP contribution in [-0.4, -0.2) is 85.8 Å². The Labute approximate surface area is 162 Å². The molecule has 0 saturated carbocycles. The fourth-order valence-electron chi connectivity index (χ4n) is 3.75. The summed E-state index contributed by atoms with van der Waals surface area (Å²) < 4.78 is 57.6. The molecule has 14 heteroatoms. The molecule has 0 aliphatic carbocycles. The number of hydroxylamine groups is 2. The number of ketones is 1. The fourth-order valence-corrected chi connectivity index (χ4v) is 5.63. The first-order valence-electron chi connectivity index (χ1n) is 8.74. The summed E-state index contributed by atoms with van der Waals surface area (Å²) in [4.78, 5) is 38.1. The van der Waals surface area contributed by atoms with Crippen LogP contribution in [0.3, 0.4) is 0 Å². The first-order chi connectivity index (χ1) is 13.0. The van der Waals surface area contributed by atoms with Gasteiger partial charge in [0.25, 0.3) is 0 Å². The maximum Gasteiger partial charge on any atom is 0.418 e. The van der Waals surface area contributed by atoms with Gasteiger partial charge in [-0.05, 0) is 25.7 Å². The van der Waals surface area contributed by atoms with Crippen LogP contribution in [0.4, 0.5) is 4.79 Å². The van der Waals surface area contributed by atoms with E-state index >= 15 is 0 Å². The van der Waals surface area contributed by atoms with Crippen LogP contribution in [-0.2, 0) is 34.1 Å². The molecule has 2 bridgehead atoms. The molecule has 2 atom stereocenters. The number of rotatable bonds is 6. The van der Waals surface area contributed by atoms with Gasteiger partial charge in [0, 0.05) is 12.5 Å². The molecule has 3 heterocycles. The lowest BCUT2D eigenvalue weighted by atomic mass is 9.97. The number of carbonyl (C=O) groups is 3. The average Bonchev–Trinajstić information content (AvgIpc) is 2.83. The molecule has 28 heavy (non-hydrogen) atoms. The Morgan fingerprint density at radius 2 is 1.82 bits per heavy atom. The van der Waals surface area contributed by atoms with Gasteiger partial charge in [0.1, 0.15) is 15.9 Å². The third-order valence-corrected chi connectivity index (χ3v) is 7.31. The summed E-state index contributed by atoms with van der Waals surface area (Å²) in [6.07, 6.45) is 0.983. The fraction of sp³-hybridized carbons (Fsp3) is 0.786. The lowest BCUT2D eigenvalue weighted by Crippen LogP contribution is -2.51. The van der Waals surface area contributed by atoms with E-state index in [0.29, 0.717) is 5.06 Å². The minimum atomic E-state index is -4.87. The first kappa shape index (κ1) is 21.0. The molecular weight excluding hydrogens is 418 g/mol. The summed E-state index contributed by atoms with van der Waals surface area (Å²) in [5.74, 6) is -1.34. The second kappa shape index (κ2) is 7.57. The van der Waals surface area contributed by atoms with Crippen molar-refractivity contribution in [1.29, 1.82) is 0 Å². The van der Waals surface area contributed by atoms with E-state index in [-0.39, 0.29) is 56.1 Å². The van der Waals surface area contributed by atoms with E-state index in [1.54, 1.807) is 0 Å². The lowest BCUT2D eigenvalue weighted by molar-refractivity contribution is -0.130. The molecule has 12 nitrogen and oxygen atoms in total. The number of amides is 3. The summed E-state index contributed by atoms with van der Waals surface area (Å²) >= 11 is 0. The molecule has 3 aliphatic rings. The molecular formula is C14H21N3O9S2. The molecule has 3 amide bonds. The van der Waals surface area contributed by atoms with Gasteiger partial charge in [-0.15, -0.1) is 4.28 Å². The van der Waals surface area contributed by atoms with E-state index in [4.69, 9.17) is 4.55 Å². The predicted molar refractivity (Wildman–Crippen MR) is 92.8 cm³/mol. The van der Waals surface area contributed by atoms with E-state index in [1.807, 2.05) is 0 Å². The highest BCUT2D eigenvalue weighted by Crippen LogP contribution is 2.30. The molecule has 0 radical (unpaired) electrons. The quantitative estimate of drug-likeness (QED) is 0.468. The number of hydrogen-bond acceptors (Lipinski definition) is 8. The van der Waals surface area contributed by atoms with Crippen LogP contribution in [0.25, 0.3) is 0 Å². The van der Waals surface area contributed by atoms with Crippen LogP contribution in [0, 0.1) is 5.92 Å². The van der Waals surface area contributed by atoms with Gasteiger partial charge < -0.3 is 10.2 Å². The van der Waals surface area contributed by atoms with Gasteiger partial charge in [-0.2, -0.15) is 13.5 Å². The molecule has 0 unspecified atom stereocenters. The van der Waals surface area contributed by atoms with Crippen LogP contribution >= 0.6 is 0 Å². The van der Waals surface area contributed by atoms with Crippen LogP contribution in [0.2, 0.25) is 0 Å². The van der Waals surface area contributed by atoms with E-state index in [2.05, 4.69) is 9.60 Å². The van der Waals surface area contributed by atoms with Crippen molar-refractivity contribution in [2.45, 2.75) is 37.8 Å². The highest BCUT2D eigenvalue weighted by Gasteiger charge is 2.49. The predicted octanol–water partition coefficient (Wildman–Crippen LogP) is -1.50. The average molecular weight is 439 g/mol. The van der Waals surface area contributed by atoms with Gasteiger partial charge in [-0.3, -0.25) is 14.1 Å². The summed E-state index contributed by atoms with van der Waals surface area (Å²) in [6.45, 7) is -0.211. The number of hydrogen-bond donors (Lipinski definition) is 2. The third-order valence-electron chi connectivity index (χ3n) is 5.25. The van der Waals surface area contributed by atoms with Crippen molar-refractivity contribution in [3.63, 3.8) is 0 Å². The molecule has 3 aliphatic heterocycles. The molecule has 3 saturated heterocycles. The Morgan fingerprint density at radius 1 is 1.18 bits per heavy atom. The number of Topliss-reactive ketones (excluding diaryl/α,β-unsaturated/α-hetero) is 1. The van der Waals surface area contributed by atoms with Crippen LogP contribution in [0.5, 0.6) is 0 Å². The lowest BCUT2D eigenvalue weighted by Gasteiger charge is -2.29. The van der Waals surface area contributed by atoms with Crippen molar-refractivity contribution in [1.82, 2.24) is 15.3 Å². The minimum Gasteiger partial charge on any atom is -0.347 e. The maximum absolute atomic E-state index is 12.4. The Morgan fingerprint density at radius 3 is 2.43 bits per heavy atom. The van der Waals surface area contributed by atoms with E-state index in [9.17, 15) is 31.2 Å². The highest BCUT2D eigenvalue weighted by molar-refractivity contribution is 7.91. The van der Waals surface area contributed by atoms with Crippen LogP contribution in [0.1, 0.15) is 25.7 Å². The summed E-state index contributed by atoms with van der Waals surface area (Å²) in [6, 6.07) is -2.35. The van der Waals surface area contributed by atoms with Crippen molar-refractivity contribution >= 4 is 38.0 Å². The minimum absolute atomic E-state index is 0.0484. The van der Waals surface area contributed by atoms with Gasteiger partial charge in [0.05, 0.1) is 24.1 Å². The van der Waals surface area contributed by atoms with Crippen LogP contribution in [0.15, 0.2) is 0 Å². The smallest absolute Gasteiger partial charge is 0.347 e. The number of fused-ring (bicyclic) bond motifs is 2. The van der Waals surface area contributed by atoms with Gasteiger partial charge in [0.15, 0.2) is 5.78 Å². The van der Waals surface area contributed by atoms with Gasteiger partial charge in [0.2, 0.25) is 5.91 Å². The molecule has 2 N–H and O–H groups in total. The molecule has 3 fully saturated rings. The van der Waals surface area contributed by atoms with Crippen molar-refractivity contribution < 1.29 is 40.1 Å². The van der Waals surface area contributed by atoms with E-state index in [0.717, 1.165) is 4.90 Å². The third kappa shape index (κ3) is 4.61. The normalized spacial score (nSPS) is 27.7. The summed E-state index contributed by atoms with van der Waals surface area (Å²) in [5.41, 5.74) is 0. The van der Waals surface area contributed by atoms with E-state index in [1.165, 1.54) is 0 Å². The number of nitrogens with one attached hydrogen (secondary N) is 1. The molecule has 0 spiro atoms. The van der Waals surface area contributed by atoms with Crippen molar-refractivity contribution in [3.05, 3.63) is 0 Å². The maximum atomic E-state index is 12.4. The van der Waals surface area contributed by atoms with Gasteiger partial charge >= 0.3 is 16.4 Å². The van der Waals surface area contributed by atoms with Crippen LogP contribution < -0.4 is 5.32 Å². The zero-order valence-electron chi connectivity index (χ0n) is 14.8. The number of carbonyl (C=O) groups excluding carboxylic acids is 3. The van der Waals surface area contributed by atoms with Gasteiger partial charge in [-0.25, -0.2) is 13.2 Å². The Kier molecular flexibility index (Phi) is 5.67. The SMILES string of the molecule is O=C(CNC(=O)[C@@H]1CC[C@@H]2CN1C(=O)N2OS(=O)(=O)O)C1CCS(=O)(=O)CC1. The Bertz CT molecular complexity index is 872. The number of piperidine rings is 1. The topological polar surface area (TPSA) is 167 Å².